The molecule has 2 fully saturated rings. The zero-order valence-corrected chi connectivity index (χ0v) is 11.3. The Morgan fingerprint density at radius 1 is 1.32 bits per heavy atom. The molecule has 1 aliphatic heterocycles. The Kier molecular flexibility index (Phi) is 4.80. The minimum atomic E-state index is -0.887. The van der Waals surface area contributed by atoms with E-state index in [-0.39, 0.29) is 12.3 Å². The van der Waals surface area contributed by atoms with Crippen molar-refractivity contribution in [1.29, 1.82) is 0 Å². The van der Waals surface area contributed by atoms with Crippen LogP contribution in [-0.2, 0) is 14.3 Å². The molecule has 5 heteroatoms. The number of hydrogen-bond donors (Lipinski definition) is 2. The molecule has 2 aliphatic rings. The van der Waals surface area contributed by atoms with Gasteiger partial charge in [-0.1, -0.05) is 25.7 Å². The molecule has 1 saturated heterocycles. The lowest BCUT2D eigenvalue weighted by atomic mass is 9.93. The van der Waals surface area contributed by atoms with Crippen molar-refractivity contribution in [2.75, 3.05) is 13.2 Å². The topological polar surface area (TPSA) is 75.6 Å². The molecule has 5 nitrogen and oxygen atoms in total. The summed E-state index contributed by atoms with van der Waals surface area (Å²) in [5, 5.41) is 11.9. The average Bonchev–Trinajstić information content (AvgIpc) is 2.97. The first-order valence-electron chi connectivity index (χ1n) is 7.20. The van der Waals surface area contributed by atoms with Crippen LogP contribution in [0.2, 0.25) is 0 Å². The van der Waals surface area contributed by atoms with Crippen LogP contribution in [0.4, 0.5) is 0 Å². The lowest BCUT2D eigenvalue weighted by molar-refractivity contribution is -0.139. The molecular weight excluding hydrogens is 246 g/mol. The van der Waals surface area contributed by atoms with Crippen molar-refractivity contribution in [3.8, 4) is 0 Å². The summed E-state index contributed by atoms with van der Waals surface area (Å²) in [4.78, 5) is 22.9. The van der Waals surface area contributed by atoms with E-state index in [2.05, 4.69) is 5.32 Å². The molecule has 1 amide bonds. The average molecular weight is 269 g/mol. The van der Waals surface area contributed by atoms with E-state index < -0.39 is 11.5 Å². The van der Waals surface area contributed by atoms with Gasteiger partial charge in [-0.3, -0.25) is 9.59 Å². The van der Waals surface area contributed by atoms with E-state index in [1.165, 1.54) is 25.7 Å². The number of ether oxygens (including phenoxy) is 1. The highest BCUT2D eigenvalue weighted by atomic mass is 16.5. The van der Waals surface area contributed by atoms with E-state index in [4.69, 9.17) is 9.84 Å². The third-order valence-electron chi connectivity index (χ3n) is 4.25. The number of carbonyl (C=O) groups is 2. The first kappa shape index (κ1) is 14.3. The normalized spacial score (nSPS) is 27.6. The van der Waals surface area contributed by atoms with Gasteiger partial charge in [0.2, 0.25) is 5.91 Å². The predicted molar refractivity (Wildman–Crippen MR) is 69.8 cm³/mol. The Labute approximate surface area is 113 Å². The van der Waals surface area contributed by atoms with Gasteiger partial charge >= 0.3 is 5.97 Å². The molecule has 0 spiro atoms. The molecule has 2 rings (SSSR count). The zero-order valence-electron chi connectivity index (χ0n) is 11.3. The summed E-state index contributed by atoms with van der Waals surface area (Å²) in [6.45, 7) is 0.838. The van der Waals surface area contributed by atoms with Crippen LogP contribution in [-0.4, -0.2) is 35.7 Å². The summed E-state index contributed by atoms with van der Waals surface area (Å²) in [7, 11) is 0. The number of rotatable bonds is 6. The van der Waals surface area contributed by atoms with Crippen molar-refractivity contribution in [2.45, 2.75) is 56.9 Å². The van der Waals surface area contributed by atoms with Crippen molar-refractivity contribution >= 4 is 11.9 Å². The van der Waals surface area contributed by atoms with Gasteiger partial charge in [0.05, 0.1) is 18.6 Å². The van der Waals surface area contributed by atoms with Crippen molar-refractivity contribution in [3.63, 3.8) is 0 Å². The summed E-state index contributed by atoms with van der Waals surface area (Å²) in [5.74, 6) is -0.235. The second kappa shape index (κ2) is 6.37. The fourth-order valence-electron chi connectivity index (χ4n) is 3.17. The highest BCUT2D eigenvalue weighted by molar-refractivity contribution is 5.78. The van der Waals surface area contributed by atoms with Gasteiger partial charge in [-0.2, -0.15) is 0 Å². The quantitative estimate of drug-likeness (QED) is 0.769. The standard InChI is InChI=1S/C14H23NO4/c16-12(6-5-11-3-1-2-4-11)15-14(9-13(17)18)7-8-19-10-14/h11H,1-10H2,(H,15,16)(H,17,18). The van der Waals surface area contributed by atoms with Crippen molar-refractivity contribution < 1.29 is 19.4 Å². The largest absolute Gasteiger partial charge is 0.481 e. The second-order valence-electron chi connectivity index (χ2n) is 5.89. The summed E-state index contributed by atoms with van der Waals surface area (Å²) >= 11 is 0. The van der Waals surface area contributed by atoms with Gasteiger partial charge in [0.1, 0.15) is 0 Å². The van der Waals surface area contributed by atoms with E-state index in [9.17, 15) is 9.59 Å². The minimum Gasteiger partial charge on any atom is -0.481 e. The Morgan fingerprint density at radius 2 is 2.05 bits per heavy atom. The lowest BCUT2D eigenvalue weighted by Crippen LogP contribution is -2.50. The maximum Gasteiger partial charge on any atom is 0.305 e. The number of nitrogens with one attached hydrogen (secondary N) is 1. The molecule has 1 atom stereocenters. The molecule has 0 bridgehead atoms. The van der Waals surface area contributed by atoms with E-state index in [0.717, 1.165) is 6.42 Å². The van der Waals surface area contributed by atoms with E-state index in [1.807, 2.05) is 0 Å². The van der Waals surface area contributed by atoms with Gasteiger partial charge in [0, 0.05) is 13.0 Å². The third kappa shape index (κ3) is 4.20. The van der Waals surface area contributed by atoms with E-state index >= 15 is 0 Å². The Balaban J connectivity index is 1.79. The lowest BCUT2D eigenvalue weighted by Gasteiger charge is -2.27. The maximum absolute atomic E-state index is 12.0. The molecule has 0 aromatic heterocycles. The van der Waals surface area contributed by atoms with Gasteiger partial charge in [-0.15, -0.1) is 0 Å². The van der Waals surface area contributed by atoms with Gasteiger partial charge < -0.3 is 15.2 Å². The highest BCUT2D eigenvalue weighted by Gasteiger charge is 2.38. The number of aliphatic carboxylic acids is 1. The van der Waals surface area contributed by atoms with Crippen LogP contribution >= 0.6 is 0 Å². The summed E-state index contributed by atoms with van der Waals surface area (Å²) in [6, 6.07) is 0. The molecule has 1 heterocycles. The predicted octanol–water partition coefficient (Wildman–Crippen LogP) is 1.71. The van der Waals surface area contributed by atoms with Gasteiger partial charge in [-0.25, -0.2) is 0 Å². The SMILES string of the molecule is O=C(O)CC1(NC(=O)CCC2CCCC2)CCOC1. The molecule has 0 aromatic carbocycles. The van der Waals surface area contributed by atoms with Crippen LogP contribution in [0.5, 0.6) is 0 Å². The maximum atomic E-state index is 12.0. The summed E-state index contributed by atoms with van der Waals surface area (Å²) in [6.07, 6.45) is 7.00. The van der Waals surface area contributed by atoms with Gasteiger partial charge in [0.25, 0.3) is 0 Å². The highest BCUT2D eigenvalue weighted by Crippen LogP contribution is 2.29. The Hall–Kier alpha value is -1.10. The Bertz CT molecular complexity index is 330. The second-order valence-corrected chi connectivity index (χ2v) is 5.89. The number of amides is 1. The van der Waals surface area contributed by atoms with E-state index in [0.29, 0.717) is 32.0 Å². The number of carboxylic acids is 1. The smallest absolute Gasteiger partial charge is 0.305 e. The first-order chi connectivity index (χ1) is 9.10. The summed E-state index contributed by atoms with van der Waals surface area (Å²) in [5.41, 5.74) is -0.682. The number of carbonyl (C=O) groups excluding carboxylic acids is 1. The fraction of sp³-hybridized carbons (Fsp3) is 0.857. The van der Waals surface area contributed by atoms with Crippen LogP contribution in [0.15, 0.2) is 0 Å². The molecule has 1 saturated carbocycles. The van der Waals surface area contributed by atoms with Crippen LogP contribution in [0.3, 0.4) is 0 Å². The van der Waals surface area contributed by atoms with Crippen LogP contribution < -0.4 is 5.32 Å². The van der Waals surface area contributed by atoms with Gasteiger partial charge in [0.15, 0.2) is 0 Å². The molecule has 2 N–H and O–H groups in total. The fourth-order valence-corrected chi connectivity index (χ4v) is 3.17. The van der Waals surface area contributed by atoms with Crippen LogP contribution in [0.1, 0.15) is 51.4 Å². The molecule has 19 heavy (non-hydrogen) atoms. The third-order valence-corrected chi connectivity index (χ3v) is 4.25. The first-order valence-corrected chi connectivity index (χ1v) is 7.20. The Morgan fingerprint density at radius 3 is 2.63 bits per heavy atom. The van der Waals surface area contributed by atoms with Gasteiger partial charge in [-0.05, 0) is 18.8 Å². The van der Waals surface area contributed by atoms with Crippen LogP contribution in [0, 0.1) is 5.92 Å². The zero-order chi connectivity index (χ0) is 13.7. The van der Waals surface area contributed by atoms with Crippen molar-refractivity contribution in [1.82, 2.24) is 5.32 Å². The number of carboxylic acid groups (broad SMARTS) is 1. The van der Waals surface area contributed by atoms with Crippen molar-refractivity contribution in [2.24, 2.45) is 5.92 Å². The monoisotopic (exact) mass is 269 g/mol. The van der Waals surface area contributed by atoms with E-state index in [1.54, 1.807) is 0 Å². The minimum absolute atomic E-state index is 0.0290. The van der Waals surface area contributed by atoms with Crippen LogP contribution in [0.25, 0.3) is 0 Å². The number of hydrogen-bond acceptors (Lipinski definition) is 3. The molecule has 1 unspecified atom stereocenters. The molecule has 0 radical (unpaired) electrons. The molecule has 1 aliphatic carbocycles. The molecule has 108 valence electrons. The molecule has 0 aromatic rings. The molecular formula is C14H23NO4. The van der Waals surface area contributed by atoms with Crippen molar-refractivity contribution in [3.05, 3.63) is 0 Å². The summed E-state index contributed by atoms with van der Waals surface area (Å²) < 4.78 is 5.26.